The number of fused-ring (bicyclic) bond motifs is 4. The first-order valence-corrected chi connectivity index (χ1v) is 11.2. The molecule has 4 aromatic carbocycles. The molecule has 5 rings (SSSR count). The van der Waals surface area contributed by atoms with Gasteiger partial charge in [0.1, 0.15) is 10.1 Å². The van der Waals surface area contributed by atoms with Crippen LogP contribution < -0.4 is 0 Å². The Hall–Kier alpha value is -4.48. The average Bonchev–Trinajstić information content (AvgIpc) is 3.10. The summed E-state index contributed by atoms with van der Waals surface area (Å²) in [7, 11) is -4.75. The highest BCUT2D eigenvalue weighted by Crippen LogP contribution is 2.42. The molecule has 0 amide bonds. The van der Waals surface area contributed by atoms with E-state index in [4.69, 9.17) is 0 Å². The van der Waals surface area contributed by atoms with E-state index in [-0.39, 0.29) is 22.5 Å². The van der Waals surface area contributed by atoms with Gasteiger partial charge in [0.2, 0.25) is 0 Å². The van der Waals surface area contributed by atoms with Crippen molar-refractivity contribution in [2.45, 2.75) is 4.90 Å². The van der Waals surface area contributed by atoms with E-state index in [0.717, 1.165) is 6.07 Å². The zero-order chi connectivity index (χ0) is 24.2. The van der Waals surface area contributed by atoms with Crippen LogP contribution in [0.15, 0.2) is 82.7 Å². The molecule has 0 atom stereocenters. The van der Waals surface area contributed by atoms with Gasteiger partial charge in [0.05, 0.1) is 26.1 Å². The predicted octanol–water partition coefficient (Wildman–Crippen LogP) is 4.71. The maximum atomic E-state index is 11.7. The second kappa shape index (κ2) is 7.54. The first-order chi connectivity index (χ1) is 16.1. The smallest absolute Gasteiger partial charge is 0.270 e. The first-order valence-electron chi connectivity index (χ1n) is 9.79. The second-order valence-corrected chi connectivity index (χ2v) is 8.87. The van der Waals surface area contributed by atoms with Crippen LogP contribution >= 0.6 is 0 Å². The normalized spacial score (nSPS) is 12.3. The predicted molar refractivity (Wildman–Crippen MR) is 122 cm³/mol. The Morgan fingerprint density at radius 1 is 0.676 bits per heavy atom. The van der Waals surface area contributed by atoms with E-state index in [1.807, 2.05) is 0 Å². The molecule has 10 nitrogen and oxygen atoms in total. The standard InChI is InChI=1S/C23H13N3O7S/c27-25(28)13-5-7-15-16-8-6-14(26(29)30)12-20(16)23(19(15)11-13)24-21-9-10-22(34(31,32)33)18-4-2-1-3-17(18)21/h1-12H,(H,31,32,33)/p-1. The lowest BCUT2D eigenvalue weighted by molar-refractivity contribution is -0.385. The summed E-state index contributed by atoms with van der Waals surface area (Å²) in [4.78, 5) is 25.9. The van der Waals surface area contributed by atoms with Crippen LogP contribution in [0.1, 0.15) is 11.1 Å². The molecule has 0 spiro atoms. The number of nitrogens with zero attached hydrogens (tertiary/aromatic N) is 3. The molecule has 11 heteroatoms. The van der Waals surface area contributed by atoms with Crippen molar-refractivity contribution in [1.82, 2.24) is 0 Å². The van der Waals surface area contributed by atoms with Gasteiger partial charge in [0.15, 0.2) is 0 Å². The largest absolute Gasteiger partial charge is 0.744 e. The van der Waals surface area contributed by atoms with Crippen LogP contribution in [-0.2, 0) is 10.1 Å². The maximum Gasteiger partial charge on any atom is 0.270 e. The third-order valence-electron chi connectivity index (χ3n) is 5.59. The van der Waals surface area contributed by atoms with E-state index >= 15 is 0 Å². The van der Waals surface area contributed by atoms with Crippen molar-refractivity contribution in [2.75, 3.05) is 0 Å². The Kier molecular flexibility index (Phi) is 4.74. The molecule has 34 heavy (non-hydrogen) atoms. The van der Waals surface area contributed by atoms with Gasteiger partial charge in [-0.1, -0.05) is 24.3 Å². The molecule has 4 aromatic rings. The molecule has 1 aliphatic rings. The number of hydrogen-bond donors (Lipinski definition) is 0. The van der Waals surface area contributed by atoms with Crippen molar-refractivity contribution in [2.24, 2.45) is 4.99 Å². The lowest BCUT2D eigenvalue weighted by Crippen LogP contribution is -2.01. The van der Waals surface area contributed by atoms with Crippen molar-refractivity contribution in [1.29, 1.82) is 0 Å². The number of nitro groups is 2. The molecule has 168 valence electrons. The highest BCUT2D eigenvalue weighted by Gasteiger charge is 2.29. The second-order valence-electron chi connectivity index (χ2n) is 7.52. The highest BCUT2D eigenvalue weighted by atomic mass is 32.2. The fourth-order valence-corrected chi connectivity index (χ4v) is 4.79. The number of aliphatic imine (C=N–C) groups is 1. The Morgan fingerprint density at radius 3 is 1.71 bits per heavy atom. The van der Waals surface area contributed by atoms with Crippen LogP contribution in [0, 0.1) is 20.2 Å². The van der Waals surface area contributed by atoms with Crippen LogP contribution in [-0.4, -0.2) is 28.5 Å². The molecule has 0 unspecified atom stereocenters. The van der Waals surface area contributed by atoms with Gasteiger partial charge >= 0.3 is 0 Å². The number of non-ortho nitro benzene ring substituents is 2. The van der Waals surface area contributed by atoms with Crippen LogP contribution in [0.25, 0.3) is 21.9 Å². The minimum Gasteiger partial charge on any atom is -0.744 e. The van der Waals surface area contributed by atoms with E-state index in [1.165, 1.54) is 36.4 Å². The minimum atomic E-state index is -4.75. The van der Waals surface area contributed by atoms with Gasteiger partial charge in [-0.25, -0.2) is 13.4 Å². The van der Waals surface area contributed by atoms with Crippen molar-refractivity contribution < 1.29 is 22.8 Å². The van der Waals surface area contributed by atoms with Crippen LogP contribution in [0.4, 0.5) is 17.1 Å². The summed E-state index contributed by atoms with van der Waals surface area (Å²) in [5.41, 5.74) is 2.28. The fraction of sp³-hybridized carbons (Fsp3) is 0. The first kappa shape index (κ1) is 21.4. The van der Waals surface area contributed by atoms with Crippen molar-refractivity contribution in [3.05, 3.63) is 104 Å². The molecule has 0 fully saturated rings. The van der Waals surface area contributed by atoms with E-state index in [9.17, 15) is 33.2 Å². The van der Waals surface area contributed by atoms with Crippen LogP contribution in [0.3, 0.4) is 0 Å². The zero-order valence-electron chi connectivity index (χ0n) is 17.0. The number of nitro benzene ring substituents is 2. The SMILES string of the molecule is O=[N+]([O-])c1ccc2c(c1)C(=Nc1ccc(S(=O)(=O)[O-])c3ccccc13)c1cc([N+](=O)[O-])ccc1-2. The summed E-state index contributed by atoms with van der Waals surface area (Å²) in [5.74, 6) is 0. The lowest BCUT2D eigenvalue weighted by Gasteiger charge is -2.12. The van der Waals surface area contributed by atoms with E-state index < -0.39 is 24.9 Å². The average molecular weight is 474 g/mol. The molecule has 0 saturated heterocycles. The summed E-state index contributed by atoms with van der Waals surface area (Å²) in [6.45, 7) is 0. The zero-order valence-corrected chi connectivity index (χ0v) is 17.9. The fourth-order valence-electron chi connectivity index (χ4n) is 4.11. The summed E-state index contributed by atoms with van der Waals surface area (Å²) < 4.78 is 35.1. The monoisotopic (exact) mass is 474 g/mol. The number of benzene rings is 4. The maximum absolute atomic E-state index is 11.7. The molecule has 0 saturated carbocycles. The Bertz CT molecular complexity index is 1630. The van der Waals surface area contributed by atoms with Crippen molar-refractivity contribution in [3.8, 4) is 11.1 Å². The van der Waals surface area contributed by atoms with Gasteiger partial charge in [0.25, 0.3) is 11.4 Å². The molecule has 0 bridgehead atoms. The lowest BCUT2D eigenvalue weighted by atomic mass is 10.1. The summed E-state index contributed by atoms with van der Waals surface area (Å²) in [6, 6.07) is 17.3. The molecule has 0 N–H and O–H groups in total. The molecule has 0 heterocycles. The van der Waals surface area contributed by atoms with Crippen molar-refractivity contribution in [3.63, 3.8) is 0 Å². The third-order valence-corrected chi connectivity index (χ3v) is 6.49. The highest BCUT2D eigenvalue weighted by molar-refractivity contribution is 7.86. The molecule has 0 aliphatic heterocycles. The van der Waals surface area contributed by atoms with E-state index in [2.05, 4.69) is 4.99 Å². The van der Waals surface area contributed by atoms with Gasteiger partial charge in [0, 0.05) is 46.2 Å². The van der Waals surface area contributed by atoms with Crippen LogP contribution in [0.2, 0.25) is 0 Å². The Morgan fingerprint density at radius 2 is 1.21 bits per heavy atom. The topological polar surface area (TPSA) is 156 Å². The third kappa shape index (κ3) is 3.39. The number of hydrogen-bond acceptors (Lipinski definition) is 8. The Balaban J connectivity index is 1.82. The van der Waals surface area contributed by atoms with Gasteiger partial charge in [-0.3, -0.25) is 20.2 Å². The van der Waals surface area contributed by atoms with Crippen molar-refractivity contribution >= 4 is 43.7 Å². The van der Waals surface area contributed by atoms with E-state index in [0.29, 0.717) is 33.3 Å². The van der Waals surface area contributed by atoms with Gasteiger partial charge in [-0.05, 0) is 35.4 Å². The molecular weight excluding hydrogens is 462 g/mol. The van der Waals surface area contributed by atoms with Gasteiger partial charge in [-0.15, -0.1) is 0 Å². The van der Waals surface area contributed by atoms with E-state index in [1.54, 1.807) is 30.3 Å². The number of rotatable bonds is 4. The summed E-state index contributed by atoms with van der Waals surface area (Å²) in [5, 5.41) is 23.3. The summed E-state index contributed by atoms with van der Waals surface area (Å²) >= 11 is 0. The van der Waals surface area contributed by atoms with Crippen LogP contribution in [0.5, 0.6) is 0 Å². The minimum absolute atomic E-state index is 0.175. The quantitative estimate of drug-likeness (QED) is 0.207. The molecular formula is C23H12N3O7S-. The Labute approximate surface area is 191 Å². The van der Waals surface area contributed by atoms with Gasteiger partial charge < -0.3 is 4.55 Å². The molecule has 1 aliphatic carbocycles. The molecule has 0 aromatic heterocycles. The van der Waals surface area contributed by atoms with Gasteiger partial charge in [-0.2, -0.15) is 0 Å². The molecule has 0 radical (unpaired) electrons. The summed E-state index contributed by atoms with van der Waals surface area (Å²) in [6.07, 6.45) is 0.